The summed E-state index contributed by atoms with van der Waals surface area (Å²) in [6.07, 6.45) is 0.335. The number of benzene rings is 1. The maximum Gasteiger partial charge on any atom is 0.166 e. The first-order valence-electron chi connectivity index (χ1n) is 4.01. The average molecular weight is 245 g/mol. The molecule has 0 N–H and O–H groups in total. The van der Waals surface area contributed by atoms with Gasteiger partial charge in [-0.15, -0.1) is 0 Å². The molecule has 0 fully saturated rings. The van der Waals surface area contributed by atoms with Crippen LogP contribution in [0.15, 0.2) is 18.2 Å². The van der Waals surface area contributed by atoms with Crippen LogP contribution in [0.3, 0.4) is 0 Å². The van der Waals surface area contributed by atoms with Gasteiger partial charge in [-0.25, -0.2) is 4.39 Å². The van der Waals surface area contributed by atoms with Gasteiger partial charge < -0.3 is 0 Å². The predicted molar refractivity (Wildman–Crippen MR) is 53.9 cm³/mol. The predicted octanol–water partition coefficient (Wildman–Crippen LogP) is 3.10. The van der Waals surface area contributed by atoms with Crippen LogP contribution in [-0.2, 0) is 0 Å². The van der Waals surface area contributed by atoms with Crippen LogP contribution in [0, 0.1) is 12.7 Å². The Morgan fingerprint density at radius 1 is 1.54 bits per heavy atom. The molecule has 0 aliphatic rings. The van der Waals surface area contributed by atoms with Crippen LogP contribution < -0.4 is 0 Å². The summed E-state index contributed by atoms with van der Waals surface area (Å²) in [5.74, 6) is -0.571. The molecule has 0 aliphatic heterocycles. The lowest BCUT2D eigenvalue weighted by Crippen LogP contribution is -2.05. The van der Waals surface area contributed by atoms with Crippen molar-refractivity contribution in [2.75, 3.05) is 5.33 Å². The van der Waals surface area contributed by atoms with Crippen LogP contribution >= 0.6 is 15.9 Å². The summed E-state index contributed by atoms with van der Waals surface area (Å²) in [5, 5.41) is 0.569. The van der Waals surface area contributed by atoms with Gasteiger partial charge >= 0.3 is 0 Å². The molecule has 0 heterocycles. The Labute approximate surface area is 85.1 Å². The van der Waals surface area contributed by atoms with Gasteiger partial charge in [0.05, 0.1) is 5.56 Å². The van der Waals surface area contributed by atoms with Gasteiger partial charge in [0.1, 0.15) is 5.82 Å². The van der Waals surface area contributed by atoms with Gasteiger partial charge in [-0.2, -0.15) is 0 Å². The van der Waals surface area contributed by atoms with E-state index in [-0.39, 0.29) is 11.3 Å². The van der Waals surface area contributed by atoms with Crippen molar-refractivity contribution in [2.45, 2.75) is 13.3 Å². The largest absolute Gasteiger partial charge is 0.294 e. The highest BCUT2D eigenvalue weighted by Crippen LogP contribution is 2.15. The lowest BCUT2D eigenvalue weighted by atomic mass is 10.0. The van der Waals surface area contributed by atoms with Crippen molar-refractivity contribution in [1.82, 2.24) is 0 Å². The van der Waals surface area contributed by atoms with E-state index in [1.165, 1.54) is 6.07 Å². The highest BCUT2D eigenvalue weighted by Gasteiger charge is 2.12. The molecule has 0 aliphatic carbocycles. The first-order chi connectivity index (χ1) is 6.16. The Bertz CT molecular complexity index is 302. The van der Waals surface area contributed by atoms with Crippen LogP contribution in [0.1, 0.15) is 22.3 Å². The SMILES string of the molecule is Cc1cccc(F)c1C(=O)CCBr. The van der Waals surface area contributed by atoms with Crippen molar-refractivity contribution in [3.63, 3.8) is 0 Å². The summed E-state index contributed by atoms with van der Waals surface area (Å²) < 4.78 is 13.2. The molecule has 0 spiro atoms. The number of aryl methyl sites for hydroxylation is 1. The lowest BCUT2D eigenvalue weighted by molar-refractivity contribution is 0.0985. The zero-order valence-corrected chi connectivity index (χ0v) is 8.90. The standard InChI is InChI=1S/C10H10BrFO/c1-7-3-2-4-8(12)10(7)9(13)5-6-11/h2-4H,5-6H2,1H3. The first-order valence-corrected chi connectivity index (χ1v) is 5.13. The molecule has 0 unspecified atom stereocenters. The molecule has 0 saturated heterocycles. The molecular weight excluding hydrogens is 235 g/mol. The quantitative estimate of drug-likeness (QED) is 0.590. The Morgan fingerprint density at radius 3 is 2.77 bits per heavy atom. The number of carbonyl (C=O) groups is 1. The Morgan fingerprint density at radius 2 is 2.23 bits per heavy atom. The normalized spacial score (nSPS) is 10.1. The van der Waals surface area contributed by atoms with Crippen LogP contribution in [0.2, 0.25) is 0 Å². The van der Waals surface area contributed by atoms with Gasteiger partial charge in [0.15, 0.2) is 5.78 Å². The second-order valence-electron chi connectivity index (χ2n) is 2.79. The molecule has 1 nitrogen and oxygen atoms in total. The van der Waals surface area contributed by atoms with Gasteiger partial charge in [-0.3, -0.25) is 4.79 Å². The fourth-order valence-electron chi connectivity index (χ4n) is 1.20. The molecule has 1 aromatic carbocycles. The number of hydrogen-bond acceptors (Lipinski definition) is 1. The molecule has 0 aromatic heterocycles. The molecule has 0 bridgehead atoms. The van der Waals surface area contributed by atoms with E-state index in [4.69, 9.17) is 0 Å². The molecular formula is C10H10BrFO. The molecule has 70 valence electrons. The van der Waals surface area contributed by atoms with E-state index in [1.54, 1.807) is 19.1 Å². The zero-order chi connectivity index (χ0) is 9.84. The van der Waals surface area contributed by atoms with E-state index >= 15 is 0 Å². The van der Waals surface area contributed by atoms with E-state index in [1.807, 2.05) is 0 Å². The van der Waals surface area contributed by atoms with E-state index < -0.39 is 5.82 Å². The van der Waals surface area contributed by atoms with Crippen molar-refractivity contribution in [1.29, 1.82) is 0 Å². The average Bonchev–Trinajstić information content (AvgIpc) is 2.04. The first kappa shape index (κ1) is 10.4. The summed E-state index contributed by atoms with van der Waals surface area (Å²) >= 11 is 3.15. The lowest BCUT2D eigenvalue weighted by Gasteiger charge is -2.04. The van der Waals surface area contributed by atoms with E-state index in [0.29, 0.717) is 17.3 Å². The van der Waals surface area contributed by atoms with Crippen molar-refractivity contribution < 1.29 is 9.18 Å². The minimum atomic E-state index is -0.425. The van der Waals surface area contributed by atoms with Gasteiger partial charge in [0.25, 0.3) is 0 Å². The number of ketones is 1. The van der Waals surface area contributed by atoms with E-state index in [2.05, 4.69) is 15.9 Å². The maximum absolute atomic E-state index is 13.2. The van der Waals surface area contributed by atoms with Crippen molar-refractivity contribution in [3.8, 4) is 0 Å². The third-order valence-corrected chi connectivity index (χ3v) is 2.22. The number of hydrogen-bond donors (Lipinski definition) is 0. The highest BCUT2D eigenvalue weighted by atomic mass is 79.9. The fraction of sp³-hybridized carbons (Fsp3) is 0.300. The van der Waals surface area contributed by atoms with Gasteiger partial charge in [-0.05, 0) is 18.6 Å². The van der Waals surface area contributed by atoms with Gasteiger partial charge in [-0.1, -0.05) is 28.1 Å². The molecule has 13 heavy (non-hydrogen) atoms. The maximum atomic E-state index is 13.2. The second kappa shape index (κ2) is 4.51. The number of carbonyl (C=O) groups excluding carboxylic acids is 1. The van der Waals surface area contributed by atoms with Crippen LogP contribution in [0.4, 0.5) is 4.39 Å². The van der Waals surface area contributed by atoms with Crippen molar-refractivity contribution >= 4 is 21.7 Å². The molecule has 3 heteroatoms. The van der Waals surface area contributed by atoms with E-state index in [0.717, 1.165) is 0 Å². The molecule has 0 radical (unpaired) electrons. The fourth-order valence-corrected chi connectivity index (χ4v) is 1.56. The minimum Gasteiger partial charge on any atom is -0.294 e. The number of alkyl halides is 1. The summed E-state index contributed by atoms with van der Waals surface area (Å²) in [4.78, 5) is 11.4. The van der Waals surface area contributed by atoms with Gasteiger partial charge in [0.2, 0.25) is 0 Å². The zero-order valence-electron chi connectivity index (χ0n) is 7.31. The monoisotopic (exact) mass is 244 g/mol. The van der Waals surface area contributed by atoms with Crippen molar-refractivity contribution in [2.24, 2.45) is 0 Å². The Hall–Kier alpha value is -0.700. The minimum absolute atomic E-state index is 0.146. The third-order valence-electron chi connectivity index (χ3n) is 1.82. The summed E-state index contributed by atoms with van der Waals surface area (Å²) in [5.41, 5.74) is 0.924. The van der Waals surface area contributed by atoms with Crippen LogP contribution in [0.25, 0.3) is 0 Å². The smallest absolute Gasteiger partial charge is 0.166 e. The van der Waals surface area contributed by atoms with Crippen molar-refractivity contribution in [3.05, 3.63) is 35.1 Å². The summed E-state index contributed by atoms with van der Waals surface area (Å²) in [6.45, 7) is 1.74. The highest BCUT2D eigenvalue weighted by molar-refractivity contribution is 9.09. The number of rotatable bonds is 3. The molecule has 0 saturated carbocycles. The Balaban J connectivity index is 3.05. The van der Waals surface area contributed by atoms with E-state index in [9.17, 15) is 9.18 Å². The summed E-state index contributed by atoms with van der Waals surface area (Å²) in [7, 11) is 0. The third kappa shape index (κ3) is 2.37. The topological polar surface area (TPSA) is 17.1 Å². The molecule has 1 aromatic rings. The van der Waals surface area contributed by atoms with Crippen LogP contribution in [-0.4, -0.2) is 11.1 Å². The second-order valence-corrected chi connectivity index (χ2v) is 3.59. The summed E-state index contributed by atoms with van der Waals surface area (Å²) in [6, 6.07) is 4.66. The Kier molecular flexibility index (Phi) is 3.60. The number of Topliss-reactive ketones (excluding diaryl/α,β-unsaturated/α-hetero) is 1. The molecule has 0 amide bonds. The molecule has 1 rings (SSSR count). The van der Waals surface area contributed by atoms with Crippen LogP contribution in [0.5, 0.6) is 0 Å². The number of halogens is 2. The molecule has 0 atom stereocenters. The van der Waals surface area contributed by atoms with Gasteiger partial charge in [0, 0.05) is 11.8 Å².